The lowest BCUT2D eigenvalue weighted by molar-refractivity contribution is 0.0699. The van der Waals surface area contributed by atoms with Crippen molar-refractivity contribution < 1.29 is 19.8 Å². The smallest absolute Gasteiger partial charge is 0.412 e. The van der Waals surface area contributed by atoms with Crippen LogP contribution in [0, 0.1) is 0 Å². The standard InChI is InChI=1S/C14H10N2O4/c17-13(18)9-5-6-15-12-8(9)3-4-11-10(12)2-1-7-16(11)14(19)20/h1-6H,7H2,(H,17,18)(H,19,20). The van der Waals surface area contributed by atoms with E-state index in [9.17, 15) is 19.8 Å². The van der Waals surface area contributed by atoms with Gasteiger partial charge in [-0.25, -0.2) is 9.59 Å². The molecule has 0 unspecified atom stereocenters. The first kappa shape index (κ1) is 12.2. The van der Waals surface area contributed by atoms with Gasteiger partial charge in [-0.2, -0.15) is 0 Å². The van der Waals surface area contributed by atoms with Crippen LogP contribution in [0.15, 0.2) is 30.5 Å². The van der Waals surface area contributed by atoms with Gasteiger partial charge in [0.2, 0.25) is 0 Å². The average Bonchev–Trinajstić information content (AvgIpc) is 2.45. The maximum atomic E-state index is 11.2. The number of rotatable bonds is 1. The summed E-state index contributed by atoms with van der Waals surface area (Å²) < 4.78 is 0. The molecule has 1 aromatic carbocycles. The molecule has 2 N–H and O–H groups in total. The van der Waals surface area contributed by atoms with Crippen LogP contribution >= 0.6 is 0 Å². The van der Waals surface area contributed by atoms with E-state index in [0.29, 0.717) is 22.2 Å². The zero-order valence-electron chi connectivity index (χ0n) is 10.3. The first-order valence-corrected chi connectivity index (χ1v) is 5.91. The lowest BCUT2D eigenvalue weighted by Crippen LogP contribution is -2.31. The minimum atomic E-state index is -1.05. The van der Waals surface area contributed by atoms with Crippen molar-refractivity contribution in [3.8, 4) is 0 Å². The lowest BCUT2D eigenvalue weighted by Gasteiger charge is -2.24. The number of carbonyl (C=O) groups is 2. The van der Waals surface area contributed by atoms with Crippen molar-refractivity contribution in [3.63, 3.8) is 0 Å². The number of hydrogen-bond donors (Lipinski definition) is 2. The number of aromatic nitrogens is 1. The fraction of sp³-hybridized carbons (Fsp3) is 0.0714. The minimum Gasteiger partial charge on any atom is -0.478 e. The summed E-state index contributed by atoms with van der Waals surface area (Å²) in [6.45, 7) is 0.270. The highest BCUT2D eigenvalue weighted by molar-refractivity contribution is 6.07. The van der Waals surface area contributed by atoms with E-state index in [1.807, 2.05) is 0 Å². The third-order valence-corrected chi connectivity index (χ3v) is 3.25. The molecular weight excluding hydrogens is 260 g/mol. The van der Waals surface area contributed by atoms with Crippen molar-refractivity contribution in [2.45, 2.75) is 0 Å². The first-order chi connectivity index (χ1) is 9.59. The summed E-state index contributed by atoms with van der Waals surface area (Å²) in [7, 11) is 0. The number of amides is 1. The van der Waals surface area contributed by atoms with Crippen LogP contribution < -0.4 is 4.90 Å². The Balaban J connectivity index is 2.33. The number of benzene rings is 1. The molecule has 1 aromatic heterocycles. The van der Waals surface area contributed by atoms with Crippen molar-refractivity contribution >= 4 is 34.7 Å². The second kappa shape index (κ2) is 4.34. The zero-order chi connectivity index (χ0) is 14.3. The molecule has 0 saturated heterocycles. The van der Waals surface area contributed by atoms with Gasteiger partial charge < -0.3 is 10.2 Å². The molecule has 6 heteroatoms. The summed E-state index contributed by atoms with van der Waals surface area (Å²) >= 11 is 0. The van der Waals surface area contributed by atoms with Crippen LogP contribution in [0.2, 0.25) is 0 Å². The Bertz CT molecular complexity index is 767. The van der Waals surface area contributed by atoms with Gasteiger partial charge in [-0.3, -0.25) is 9.88 Å². The topological polar surface area (TPSA) is 90.7 Å². The number of anilines is 1. The molecule has 1 amide bonds. The van der Waals surface area contributed by atoms with E-state index in [1.165, 1.54) is 17.2 Å². The van der Waals surface area contributed by atoms with Crippen LogP contribution in [0.25, 0.3) is 17.0 Å². The van der Waals surface area contributed by atoms with Gasteiger partial charge in [0.1, 0.15) is 0 Å². The van der Waals surface area contributed by atoms with Gasteiger partial charge in [-0.1, -0.05) is 12.2 Å². The van der Waals surface area contributed by atoms with Crippen LogP contribution in [-0.2, 0) is 0 Å². The Morgan fingerprint density at radius 1 is 1.20 bits per heavy atom. The molecule has 0 spiro atoms. The summed E-state index contributed by atoms with van der Waals surface area (Å²) in [4.78, 5) is 27.8. The molecule has 2 aromatic rings. The van der Waals surface area contributed by atoms with Crippen LogP contribution in [0.5, 0.6) is 0 Å². The number of nitrogens with zero attached hydrogens (tertiary/aromatic N) is 2. The molecule has 2 heterocycles. The average molecular weight is 270 g/mol. The Kier molecular flexibility index (Phi) is 2.64. The molecule has 20 heavy (non-hydrogen) atoms. The molecule has 1 aliphatic heterocycles. The van der Waals surface area contributed by atoms with Crippen LogP contribution in [0.3, 0.4) is 0 Å². The van der Waals surface area contributed by atoms with E-state index in [2.05, 4.69) is 4.98 Å². The SMILES string of the molecule is O=C(O)c1ccnc2c3c(ccc12)N(C(=O)O)CC=C3. The van der Waals surface area contributed by atoms with Crippen molar-refractivity contribution in [2.75, 3.05) is 11.4 Å². The molecule has 0 radical (unpaired) electrons. The Labute approximate surface area is 113 Å². The lowest BCUT2D eigenvalue weighted by atomic mass is 10.0. The normalized spacial score (nSPS) is 13.3. The van der Waals surface area contributed by atoms with E-state index in [1.54, 1.807) is 24.3 Å². The zero-order valence-corrected chi connectivity index (χ0v) is 10.3. The van der Waals surface area contributed by atoms with Crippen molar-refractivity contribution in [3.05, 3.63) is 41.6 Å². The maximum absolute atomic E-state index is 11.2. The second-order valence-electron chi connectivity index (χ2n) is 4.35. The molecule has 3 rings (SSSR count). The molecule has 1 aliphatic rings. The highest BCUT2D eigenvalue weighted by atomic mass is 16.4. The summed E-state index contributed by atoms with van der Waals surface area (Å²) in [5.74, 6) is -1.03. The van der Waals surface area contributed by atoms with E-state index < -0.39 is 12.1 Å². The fourth-order valence-corrected chi connectivity index (χ4v) is 2.37. The Morgan fingerprint density at radius 3 is 2.70 bits per heavy atom. The molecule has 0 atom stereocenters. The summed E-state index contributed by atoms with van der Waals surface area (Å²) in [5.41, 5.74) is 1.78. The quantitative estimate of drug-likeness (QED) is 0.830. The van der Waals surface area contributed by atoms with E-state index >= 15 is 0 Å². The predicted octanol–water partition coefficient (Wildman–Crippen LogP) is 2.44. The summed E-state index contributed by atoms with van der Waals surface area (Å²) in [6.07, 6.45) is 3.85. The number of aromatic carboxylic acids is 1. The number of carboxylic acids is 1. The first-order valence-electron chi connectivity index (χ1n) is 5.91. The monoisotopic (exact) mass is 270 g/mol. The van der Waals surface area contributed by atoms with Gasteiger partial charge in [-0.15, -0.1) is 0 Å². The van der Waals surface area contributed by atoms with Gasteiger partial charge in [-0.05, 0) is 18.2 Å². The molecule has 0 saturated carbocycles. The number of hydrogen-bond acceptors (Lipinski definition) is 3. The summed E-state index contributed by atoms with van der Waals surface area (Å²) in [6, 6.07) is 4.64. The Morgan fingerprint density at radius 2 is 2.00 bits per heavy atom. The molecule has 0 aliphatic carbocycles. The molecule has 100 valence electrons. The van der Waals surface area contributed by atoms with E-state index in [-0.39, 0.29) is 12.1 Å². The maximum Gasteiger partial charge on any atom is 0.412 e. The third kappa shape index (κ3) is 1.70. The van der Waals surface area contributed by atoms with Crippen LogP contribution in [0.4, 0.5) is 10.5 Å². The number of carboxylic acid groups (broad SMARTS) is 2. The molecular formula is C14H10N2O4. The largest absolute Gasteiger partial charge is 0.478 e. The molecule has 6 nitrogen and oxygen atoms in total. The van der Waals surface area contributed by atoms with Crippen molar-refractivity contribution in [1.29, 1.82) is 0 Å². The highest BCUT2D eigenvalue weighted by Crippen LogP contribution is 2.32. The van der Waals surface area contributed by atoms with Gasteiger partial charge in [0.15, 0.2) is 0 Å². The van der Waals surface area contributed by atoms with Crippen molar-refractivity contribution in [1.82, 2.24) is 4.98 Å². The number of pyridine rings is 1. The third-order valence-electron chi connectivity index (χ3n) is 3.25. The highest BCUT2D eigenvalue weighted by Gasteiger charge is 2.22. The van der Waals surface area contributed by atoms with Gasteiger partial charge in [0, 0.05) is 23.7 Å². The molecule has 0 bridgehead atoms. The Hall–Kier alpha value is -2.89. The van der Waals surface area contributed by atoms with Gasteiger partial charge in [0.05, 0.1) is 16.8 Å². The van der Waals surface area contributed by atoms with Crippen LogP contribution in [-0.4, -0.2) is 33.8 Å². The molecule has 0 fully saturated rings. The van der Waals surface area contributed by atoms with Crippen molar-refractivity contribution in [2.24, 2.45) is 0 Å². The van der Waals surface area contributed by atoms with E-state index in [4.69, 9.17) is 0 Å². The second-order valence-corrected chi connectivity index (χ2v) is 4.35. The minimum absolute atomic E-state index is 0.152. The summed E-state index contributed by atoms with van der Waals surface area (Å²) in [5, 5.41) is 18.9. The predicted molar refractivity (Wildman–Crippen MR) is 73.1 cm³/mol. The fourth-order valence-electron chi connectivity index (χ4n) is 2.37. The van der Waals surface area contributed by atoms with Gasteiger partial charge in [0.25, 0.3) is 0 Å². The number of fused-ring (bicyclic) bond motifs is 3. The van der Waals surface area contributed by atoms with Gasteiger partial charge >= 0.3 is 12.1 Å². The van der Waals surface area contributed by atoms with Crippen LogP contribution in [0.1, 0.15) is 15.9 Å². The van der Waals surface area contributed by atoms with E-state index in [0.717, 1.165) is 0 Å².